The molecule has 1 heterocycles. The van der Waals surface area contributed by atoms with E-state index in [4.69, 9.17) is 4.74 Å². The molecule has 1 fully saturated rings. The van der Waals surface area contributed by atoms with Gasteiger partial charge in [-0.3, -0.25) is 29.0 Å². The van der Waals surface area contributed by atoms with Crippen LogP contribution in [0.15, 0.2) is 59.1 Å². The second kappa shape index (κ2) is 12.3. The summed E-state index contributed by atoms with van der Waals surface area (Å²) in [5.74, 6) is -6.38. The number of aliphatic hydroxyl groups is 3. The van der Waals surface area contributed by atoms with Crippen LogP contribution in [0.25, 0.3) is 11.1 Å². The average Bonchev–Trinajstić information content (AvgIpc) is 3.03. The molecule has 0 saturated carbocycles. The normalized spacial score (nSPS) is 26.2. The molecule has 248 valence electrons. The molecule has 3 aliphatic carbocycles. The summed E-state index contributed by atoms with van der Waals surface area (Å²) in [7, 11) is 3.24. The van der Waals surface area contributed by atoms with Crippen LogP contribution >= 0.6 is 0 Å². The molecule has 2 aromatic carbocycles. The zero-order valence-electron chi connectivity index (χ0n) is 26.6. The summed E-state index contributed by atoms with van der Waals surface area (Å²) >= 11 is 0. The minimum absolute atomic E-state index is 0.0194. The zero-order valence-corrected chi connectivity index (χ0v) is 26.6. The summed E-state index contributed by atoms with van der Waals surface area (Å²) < 4.78 is 5.37. The molecule has 1 saturated heterocycles. The molecule has 0 radical (unpaired) electrons. The second-order valence-electron chi connectivity index (χ2n) is 12.9. The molecular weight excluding hydrogens is 606 g/mol. The summed E-state index contributed by atoms with van der Waals surface area (Å²) in [5.41, 5.74) is -1.34. The maximum atomic E-state index is 14.1. The Morgan fingerprint density at radius 3 is 2.49 bits per heavy atom. The Kier molecular flexibility index (Phi) is 8.56. The van der Waals surface area contributed by atoms with Crippen molar-refractivity contribution in [3.63, 3.8) is 0 Å². The Bertz CT molecular complexity index is 1740. The topological polar surface area (TPSA) is 177 Å². The Morgan fingerprint density at radius 1 is 1.09 bits per heavy atom. The van der Waals surface area contributed by atoms with E-state index >= 15 is 0 Å². The minimum Gasteiger partial charge on any atom is -0.510 e. The number of phenols is 1. The quantitative estimate of drug-likeness (QED) is 0.278. The van der Waals surface area contributed by atoms with E-state index in [1.54, 1.807) is 49.3 Å². The van der Waals surface area contributed by atoms with Crippen LogP contribution in [0.1, 0.15) is 39.6 Å². The highest BCUT2D eigenvalue weighted by Crippen LogP contribution is 2.53. The van der Waals surface area contributed by atoms with Crippen molar-refractivity contribution in [1.29, 1.82) is 0 Å². The Labute approximate surface area is 271 Å². The summed E-state index contributed by atoms with van der Waals surface area (Å²) in [6, 6.07) is 9.00. The summed E-state index contributed by atoms with van der Waals surface area (Å²) in [4.78, 5) is 56.9. The van der Waals surface area contributed by atoms with Crippen molar-refractivity contribution in [3.8, 4) is 16.9 Å². The number of ketones is 3. The van der Waals surface area contributed by atoms with E-state index in [9.17, 15) is 39.6 Å². The van der Waals surface area contributed by atoms with Crippen molar-refractivity contribution in [1.82, 2.24) is 15.1 Å². The molecule has 0 unspecified atom stereocenters. The van der Waals surface area contributed by atoms with Crippen LogP contribution in [0, 0.1) is 11.8 Å². The maximum Gasteiger partial charge on any atom is 0.251 e. The van der Waals surface area contributed by atoms with Gasteiger partial charge in [0.2, 0.25) is 5.78 Å². The average molecular weight is 646 g/mol. The number of carbonyl (C=O) groups excluding carboxylic acids is 4. The van der Waals surface area contributed by atoms with Crippen molar-refractivity contribution >= 4 is 23.3 Å². The summed E-state index contributed by atoms with van der Waals surface area (Å²) in [5, 5.41) is 48.3. The van der Waals surface area contributed by atoms with Crippen LogP contribution in [-0.2, 0) is 20.7 Å². The maximum absolute atomic E-state index is 14.1. The largest absolute Gasteiger partial charge is 0.510 e. The van der Waals surface area contributed by atoms with Gasteiger partial charge in [0.15, 0.2) is 17.2 Å². The molecule has 4 atom stereocenters. The fourth-order valence-corrected chi connectivity index (χ4v) is 7.71. The molecule has 12 nitrogen and oxygen atoms in total. The number of nitrogens with one attached hydrogen (secondary N) is 1. The fourth-order valence-electron chi connectivity index (χ4n) is 7.71. The molecule has 0 spiro atoms. The first-order valence-corrected chi connectivity index (χ1v) is 15.8. The van der Waals surface area contributed by atoms with Gasteiger partial charge in [0, 0.05) is 43.2 Å². The van der Waals surface area contributed by atoms with Gasteiger partial charge in [0.1, 0.15) is 22.8 Å². The van der Waals surface area contributed by atoms with E-state index < -0.39 is 57.9 Å². The molecule has 12 heteroatoms. The molecule has 2 aromatic rings. The van der Waals surface area contributed by atoms with E-state index in [2.05, 4.69) is 10.2 Å². The van der Waals surface area contributed by atoms with Gasteiger partial charge in [-0.25, -0.2) is 0 Å². The van der Waals surface area contributed by atoms with Gasteiger partial charge in [0.05, 0.1) is 24.8 Å². The molecule has 4 aliphatic rings. The van der Waals surface area contributed by atoms with Crippen LogP contribution in [0.5, 0.6) is 5.75 Å². The number of aromatic hydroxyl groups is 1. The zero-order chi connectivity index (χ0) is 33.8. The van der Waals surface area contributed by atoms with E-state index in [1.807, 2.05) is 0 Å². The highest BCUT2D eigenvalue weighted by Gasteiger charge is 2.63. The first kappa shape index (κ1) is 32.6. The van der Waals surface area contributed by atoms with Gasteiger partial charge < -0.3 is 30.5 Å². The van der Waals surface area contributed by atoms with Gasteiger partial charge in [-0.15, -0.1) is 0 Å². The fraction of sp³-hybridized carbons (Fsp3) is 0.429. The van der Waals surface area contributed by atoms with Gasteiger partial charge in [-0.2, -0.15) is 0 Å². The monoisotopic (exact) mass is 645 g/mol. The first-order chi connectivity index (χ1) is 22.4. The number of allylic oxidation sites excluding steroid dienone is 1. The number of aliphatic hydroxyl groups excluding tert-OH is 2. The lowest BCUT2D eigenvalue weighted by atomic mass is 9.58. The number of amides is 1. The number of nitrogens with zero attached hydrogens (tertiary/aromatic N) is 2. The van der Waals surface area contributed by atoms with Crippen LogP contribution in [0.3, 0.4) is 0 Å². The number of ether oxygens (including phenoxy) is 1. The molecule has 6 rings (SSSR count). The van der Waals surface area contributed by atoms with Crippen molar-refractivity contribution in [2.75, 3.05) is 53.5 Å². The number of rotatable bonds is 7. The molecule has 0 aromatic heterocycles. The lowest BCUT2D eigenvalue weighted by Gasteiger charge is -2.50. The number of hydrogen-bond donors (Lipinski definition) is 5. The molecular formula is C35H39N3O9. The Hall–Kier alpha value is -4.36. The Balaban J connectivity index is 1.35. The predicted molar refractivity (Wildman–Crippen MR) is 170 cm³/mol. The third kappa shape index (κ3) is 5.35. The van der Waals surface area contributed by atoms with Crippen LogP contribution in [0.4, 0.5) is 0 Å². The highest BCUT2D eigenvalue weighted by atomic mass is 16.5. The molecule has 1 aliphatic heterocycles. The number of likely N-dealkylation sites (N-methyl/N-ethyl adjacent to an activating group) is 1. The summed E-state index contributed by atoms with van der Waals surface area (Å²) in [6.07, 6.45) is 0.177. The predicted octanol–water partition coefficient (Wildman–Crippen LogP) is 1.95. The SMILES string of the molecule is CC(=O)C1=C(O)[C@@H](N(C)C)[C@@H]2C[C@@H]3Cc4c(-c5cccc(C(=O)NCCN6CCOCC6)c5)ccc(O)c4C(=O)C3=C(O)[C@]2(O)C1=O. The lowest BCUT2D eigenvalue weighted by Crippen LogP contribution is -2.63. The molecule has 0 bridgehead atoms. The number of carbonyl (C=O) groups is 4. The third-order valence-electron chi connectivity index (χ3n) is 9.96. The lowest BCUT2D eigenvalue weighted by molar-refractivity contribution is -0.148. The van der Waals surface area contributed by atoms with E-state index in [1.165, 1.54) is 6.07 Å². The summed E-state index contributed by atoms with van der Waals surface area (Å²) in [6.45, 7) is 5.22. The highest BCUT2D eigenvalue weighted by molar-refractivity contribution is 6.25. The van der Waals surface area contributed by atoms with Crippen molar-refractivity contribution in [2.45, 2.75) is 31.4 Å². The second-order valence-corrected chi connectivity index (χ2v) is 12.9. The number of fused-ring (bicyclic) bond motifs is 3. The minimum atomic E-state index is -2.63. The van der Waals surface area contributed by atoms with Crippen molar-refractivity contribution in [2.24, 2.45) is 11.8 Å². The smallest absolute Gasteiger partial charge is 0.251 e. The van der Waals surface area contributed by atoms with Crippen molar-refractivity contribution < 1.29 is 44.3 Å². The number of Topliss-reactive ketones (excluding diaryl/α,β-unsaturated/α-hetero) is 3. The molecule has 1 amide bonds. The van der Waals surface area contributed by atoms with Crippen LogP contribution in [0.2, 0.25) is 0 Å². The third-order valence-corrected chi connectivity index (χ3v) is 9.96. The standard InChI is InChI=1S/C35H39N3O9/c1-18(39)26-31(42)29(37(2)3)24-17-21-16-23-22(7-8-25(40)28(23)30(41)27(21)33(44)35(24,46)32(26)43)19-5-4-6-20(15-19)34(45)36-9-10-38-11-13-47-14-12-38/h4-8,15,21,24,29,40,42,44,46H,9-14,16-17H2,1-3H3,(H,36,45)/t21-,24-,29-,35+/m0/s1. The Morgan fingerprint density at radius 2 is 1.81 bits per heavy atom. The van der Waals surface area contributed by atoms with Gasteiger partial charge in [0.25, 0.3) is 5.91 Å². The van der Waals surface area contributed by atoms with Crippen molar-refractivity contribution in [3.05, 3.63) is 75.8 Å². The van der Waals surface area contributed by atoms with Gasteiger partial charge in [-0.05, 0) is 74.7 Å². The van der Waals surface area contributed by atoms with E-state index in [0.717, 1.165) is 20.0 Å². The number of benzene rings is 2. The van der Waals surface area contributed by atoms with Gasteiger partial charge >= 0.3 is 0 Å². The number of hydrogen-bond acceptors (Lipinski definition) is 11. The van der Waals surface area contributed by atoms with Gasteiger partial charge in [-0.1, -0.05) is 18.2 Å². The number of phenolic OH excluding ortho intramolecular Hbond substituents is 1. The van der Waals surface area contributed by atoms with E-state index in [0.29, 0.717) is 48.6 Å². The number of morpholine rings is 1. The van der Waals surface area contributed by atoms with Crippen LogP contribution < -0.4 is 5.32 Å². The van der Waals surface area contributed by atoms with E-state index in [-0.39, 0.29) is 35.6 Å². The molecule has 47 heavy (non-hydrogen) atoms. The molecule has 5 N–H and O–H groups in total. The van der Waals surface area contributed by atoms with Crippen LogP contribution in [-0.4, -0.2) is 119 Å². The first-order valence-electron chi connectivity index (χ1n) is 15.8.